The minimum Gasteiger partial charge on any atom is -0.491 e. The molecule has 3 rings (SSSR count). The first kappa shape index (κ1) is 17.8. The maximum Gasteiger partial charge on any atom is 0.154 e. The van der Waals surface area contributed by atoms with E-state index >= 15 is 0 Å². The third kappa shape index (κ3) is 3.96. The quantitative estimate of drug-likeness (QED) is 0.589. The molecular weight excluding hydrogens is 333 g/mol. The van der Waals surface area contributed by atoms with Crippen molar-refractivity contribution in [3.8, 4) is 17.0 Å². The predicted octanol–water partition coefficient (Wildman–Crippen LogP) is 4.45. The molecule has 0 fully saturated rings. The number of hydrogen-bond acceptors (Lipinski definition) is 5. The zero-order valence-electron chi connectivity index (χ0n) is 14.7. The number of hydrogen-bond donors (Lipinski definition) is 0. The summed E-state index contributed by atoms with van der Waals surface area (Å²) in [7, 11) is 4.01. The summed E-state index contributed by atoms with van der Waals surface area (Å²) in [6.07, 6.45) is 0. The summed E-state index contributed by atoms with van der Waals surface area (Å²) >= 11 is 0. The lowest BCUT2D eigenvalue weighted by molar-refractivity contribution is 0.262. The Morgan fingerprint density at radius 2 is 1.88 bits per heavy atom. The lowest BCUT2D eigenvalue weighted by Crippen LogP contribution is -2.17. The zero-order chi connectivity index (χ0) is 18.5. The first-order valence-electron chi connectivity index (χ1n) is 8.30. The molecule has 1 aromatic heterocycles. The van der Waals surface area contributed by atoms with Gasteiger partial charge in [-0.2, -0.15) is 4.91 Å². The van der Waals surface area contributed by atoms with Crippen LogP contribution in [-0.4, -0.2) is 38.4 Å². The van der Waals surface area contributed by atoms with Gasteiger partial charge in [0, 0.05) is 30.7 Å². The van der Waals surface area contributed by atoms with Gasteiger partial charge >= 0.3 is 0 Å². The number of nitroso groups, excluding NO2 is 1. The van der Waals surface area contributed by atoms with Gasteiger partial charge < -0.3 is 9.64 Å². The molecule has 0 N–H and O–H groups in total. The summed E-state index contributed by atoms with van der Waals surface area (Å²) < 4.78 is 17.9. The maximum atomic E-state index is 12.5. The topological polar surface area (TPSA) is 54.8 Å². The number of nitrogens with zero attached hydrogens (tertiary/aromatic N) is 3. The van der Waals surface area contributed by atoms with E-state index in [0.29, 0.717) is 5.75 Å². The highest BCUT2D eigenvalue weighted by Gasteiger charge is 2.09. The summed E-state index contributed by atoms with van der Waals surface area (Å²) in [5.41, 5.74) is 3.90. The molecule has 1 atom stereocenters. The van der Waals surface area contributed by atoms with Crippen molar-refractivity contribution >= 4 is 16.6 Å². The highest BCUT2D eigenvalue weighted by Crippen LogP contribution is 2.25. The van der Waals surface area contributed by atoms with Gasteiger partial charge in [-0.3, -0.25) is 0 Å². The monoisotopic (exact) mass is 353 g/mol. The Labute approximate surface area is 151 Å². The molecule has 5 nitrogen and oxygen atoms in total. The first-order valence-corrected chi connectivity index (χ1v) is 8.30. The molecule has 0 aliphatic carbocycles. The van der Waals surface area contributed by atoms with Crippen LogP contribution in [0.15, 0.2) is 59.8 Å². The Bertz CT molecular complexity index is 897. The van der Waals surface area contributed by atoms with Crippen molar-refractivity contribution in [2.24, 2.45) is 5.18 Å². The Kier molecular flexibility index (Phi) is 5.41. The van der Waals surface area contributed by atoms with Crippen LogP contribution in [0.25, 0.3) is 22.2 Å². The van der Waals surface area contributed by atoms with Crippen LogP contribution in [0.1, 0.15) is 0 Å². The van der Waals surface area contributed by atoms with Crippen LogP contribution in [0.4, 0.5) is 10.1 Å². The molecule has 6 heteroatoms. The van der Waals surface area contributed by atoms with Gasteiger partial charge in [-0.25, -0.2) is 9.37 Å². The number of pyridine rings is 1. The average molecular weight is 353 g/mol. The third-order valence-corrected chi connectivity index (χ3v) is 4.11. The Hall–Kier alpha value is -3.02. The van der Waals surface area contributed by atoms with E-state index in [1.54, 1.807) is 6.07 Å². The van der Waals surface area contributed by atoms with E-state index in [2.05, 4.69) is 17.3 Å². The van der Waals surface area contributed by atoms with Crippen LogP contribution in [0.5, 0.6) is 5.75 Å². The molecule has 26 heavy (non-hydrogen) atoms. The summed E-state index contributed by atoms with van der Waals surface area (Å²) in [5, 5.41) is 3.59. The second kappa shape index (κ2) is 7.91. The summed E-state index contributed by atoms with van der Waals surface area (Å²) in [5.74, 6) is 0.560. The molecule has 0 unspecified atom stereocenters. The molecule has 0 aliphatic rings. The van der Waals surface area contributed by atoms with E-state index in [1.165, 1.54) is 0 Å². The highest BCUT2D eigenvalue weighted by atomic mass is 19.1. The van der Waals surface area contributed by atoms with Crippen molar-refractivity contribution in [3.63, 3.8) is 0 Å². The molecule has 3 aromatic rings. The number of halogens is 1. The van der Waals surface area contributed by atoms with Gasteiger partial charge in [0.15, 0.2) is 6.04 Å². The molecule has 0 saturated carbocycles. The average Bonchev–Trinajstić information content (AvgIpc) is 2.68. The number of ether oxygens (including phenoxy) is 1. The SMILES string of the molecule is CN(C)c1ccc(-c2ccc3cc(OC[C@@H](CF)N=O)ccc3n2)cc1. The van der Waals surface area contributed by atoms with E-state index in [0.717, 1.165) is 27.8 Å². The Balaban J connectivity index is 1.81. The van der Waals surface area contributed by atoms with Crippen LogP contribution >= 0.6 is 0 Å². The summed E-state index contributed by atoms with van der Waals surface area (Å²) in [6, 6.07) is 16.6. The fraction of sp³-hybridized carbons (Fsp3) is 0.250. The van der Waals surface area contributed by atoms with Gasteiger partial charge in [0.25, 0.3) is 0 Å². The van der Waals surface area contributed by atoms with Crippen LogP contribution in [-0.2, 0) is 0 Å². The van der Waals surface area contributed by atoms with Crippen LogP contribution < -0.4 is 9.64 Å². The molecule has 1 heterocycles. The smallest absolute Gasteiger partial charge is 0.154 e. The van der Waals surface area contributed by atoms with Gasteiger partial charge in [0.1, 0.15) is 19.0 Å². The van der Waals surface area contributed by atoms with Gasteiger partial charge in [0.05, 0.1) is 11.2 Å². The van der Waals surface area contributed by atoms with E-state index in [1.807, 2.05) is 55.4 Å². The molecular formula is C20H20FN3O2. The molecule has 0 saturated heterocycles. The van der Waals surface area contributed by atoms with Crippen molar-refractivity contribution in [2.75, 3.05) is 32.3 Å². The number of benzene rings is 2. The van der Waals surface area contributed by atoms with Gasteiger partial charge in [0.2, 0.25) is 0 Å². The van der Waals surface area contributed by atoms with Crippen molar-refractivity contribution in [1.82, 2.24) is 4.98 Å². The fourth-order valence-corrected chi connectivity index (χ4v) is 2.58. The maximum absolute atomic E-state index is 12.5. The lowest BCUT2D eigenvalue weighted by Gasteiger charge is -2.13. The molecule has 134 valence electrons. The van der Waals surface area contributed by atoms with E-state index in [-0.39, 0.29) is 6.61 Å². The van der Waals surface area contributed by atoms with E-state index in [4.69, 9.17) is 9.72 Å². The van der Waals surface area contributed by atoms with Crippen LogP contribution in [0.2, 0.25) is 0 Å². The van der Waals surface area contributed by atoms with E-state index < -0.39 is 12.7 Å². The minimum atomic E-state index is -0.976. The number of anilines is 1. The number of aromatic nitrogens is 1. The Morgan fingerprint density at radius 3 is 2.54 bits per heavy atom. The molecule has 2 aromatic carbocycles. The largest absolute Gasteiger partial charge is 0.491 e. The zero-order valence-corrected chi connectivity index (χ0v) is 14.7. The third-order valence-electron chi connectivity index (χ3n) is 4.11. The van der Waals surface area contributed by atoms with Crippen LogP contribution in [0.3, 0.4) is 0 Å². The highest BCUT2D eigenvalue weighted by molar-refractivity contribution is 5.83. The molecule has 0 amide bonds. The van der Waals surface area contributed by atoms with Crippen molar-refractivity contribution < 1.29 is 9.13 Å². The fourth-order valence-electron chi connectivity index (χ4n) is 2.58. The standard InChI is InChI=1S/C20H20FN3O2/c1-24(2)17-6-3-14(4-7-17)19-9-5-15-11-18(8-10-20(15)22-19)26-13-16(12-21)23-25/h3-11,16H,12-13H2,1-2H3/t16-/m1/s1. The molecule has 0 radical (unpaired) electrons. The van der Waals surface area contributed by atoms with Crippen LogP contribution in [0, 0.1) is 4.91 Å². The summed E-state index contributed by atoms with van der Waals surface area (Å²) in [6.45, 7) is -0.899. The normalized spacial score (nSPS) is 12.0. The number of rotatable bonds is 7. The van der Waals surface area contributed by atoms with Gasteiger partial charge in [-0.15, -0.1) is 0 Å². The second-order valence-electron chi connectivity index (χ2n) is 6.22. The molecule has 0 bridgehead atoms. The second-order valence-corrected chi connectivity index (χ2v) is 6.22. The van der Waals surface area contributed by atoms with Gasteiger partial charge in [-0.05, 0) is 36.4 Å². The van der Waals surface area contributed by atoms with Crippen molar-refractivity contribution in [1.29, 1.82) is 0 Å². The number of fused-ring (bicyclic) bond motifs is 1. The number of alkyl halides is 1. The lowest BCUT2D eigenvalue weighted by atomic mass is 10.1. The van der Waals surface area contributed by atoms with Crippen molar-refractivity contribution in [2.45, 2.75) is 6.04 Å². The predicted molar refractivity (Wildman–Crippen MR) is 103 cm³/mol. The Morgan fingerprint density at radius 1 is 1.12 bits per heavy atom. The molecule has 0 aliphatic heterocycles. The van der Waals surface area contributed by atoms with E-state index in [9.17, 15) is 9.30 Å². The summed E-state index contributed by atoms with van der Waals surface area (Å²) in [4.78, 5) is 17.2. The minimum absolute atomic E-state index is 0.0742. The first-order chi connectivity index (χ1) is 12.6. The van der Waals surface area contributed by atoms with Gasteiger partial charge in [-0.1, -0.05) is 23.4 Å². The van der Waals surface area contributed by atoms with Crippen molar-refractivity contribution in [3.05, 3.63) is 59.5 Å². The molecule has 0 spiro atoms.